The molecule has 0 aromatic carbocycles. The third-order valence-electron chi connectivity index (χ3n) is 3.55. The molecule has 5 N–H and O–H groups in total. The molecule has 5 nitrogen and oxygen atoms in total. The molecule has 0 fully saturated rings. The number of halogens is 3. The molecule has 0 aliphatic rings. The van der Waals surface area contributed by atoms with Crippen LogP contribution in [0.4, 0.5) is 13.2 Å². The van der Waals surface area contributed by atoms with Crippen LogP contribution in [0.1, 0.15) is 26.7 Å². The molecule has 0 spiro atoms. The maximum atomic E-state index is 12.7. The summed E-state index contributed by atoms with van der Waals surface area (Å²) in [7, 11) is 0. The van der Waals surface area contributed by atoms with Crippen LogP contribution in [0.5, 0.6) is 0 Å². The number of nitrogens with one attached hydrogen (secondary N) is 1. The summed E-state index contributed by atoms with van der Waals surface area (Å²) >= 11 is 0. The molecule has 19 heavy (non-hydrogen) atoms. The average molecular weight is 285 g/mol. The van der Waals surface area contributed by atoms with E-state index in [0.717, 1.165) is 0 Å². The molecule has 114 valence electrons. The van der Waals surface area contributed by atoms with E-state index in [-0.39, 0.29) is 13.2 Å². The lowest BCUT2D eigenvalue weighted by atomic mass is 9.83. The molecule has 1 atom stereocenters. The molecule has 0 saturated heterocycles. The first-order valence-electron chi connectivity index (χ1n) is 6.12. The SMILES string of the molecule is CCC(CC)(CO)CNCC(C(N)=NO)C(F)(F)F. The van der Waals surface area contributed by atoms with Crippen LogP contribution in [0.2, 0.25) is 0 Å². The molecular weight excluding hydrogens is 263 g/mol. The van der Waals surface area contributed by atoms with E-state index in [1.54, 1.807) is 0 Å². The van der Waals surface area contributed by atoms with Gasteiger partial charge in [-0.05, 0) is 12.8 Å². The van der Waals surface area contributed by atoms with Crippen LogP contribution >= 0.6 is 0 Å². The minimum atomic E-state index is -4.58. The Labute approximate surface area is 110 Å². The zero-order valence-corrected chi connectivity index (χ0v) is 11.2. The minimum absolute atomic E-state index is 0.104. The van der Waals surface area contributed by atoms with Crippen molar-refractivity contribution >= 4 is 5.84 Å². The van der Waals surface area contributed by atoms with Crippen molar-refractivity contribution < 1.29 is 23.5 Å². The Bertz CT molecular complexity index is 283. The summed E-state index contributed by atoms with van der Waals surface area (Å²) in [4.78, 5) is 0. The van der Waals surface area contributed by atoms with E-state index in [1.807, 2.05) is 13.8 Å². The van der Waals surface area contributed by atoms with Gasteiger partial charge in [-0.1, -0.05) is 19.0 Å². The van der Waals surface area contributed by atoms with Crippen LogP contribution in [-0.2, 0) is 0 Å². The van der Waals surface area contributed by atoms with E-state index in [1.165, 1.54) is 0 Å². The summed E-state index contributed by atoms with van der Waals surface area (Å²) in [5.74, 6) is -2.91. The summed E-state index contributed by atoms with van der Waals surface area (Å²) in [6.45, 7) is 3.38. The molecule has 0 saturated carbocycles. The van der Waals surface area contributed by atoms with E-state index < -0.39 is 29.9 Å². The van der Waals surface area contributed by atoms with Crippen molar-refractivity contribution in [1.82, 2.24) is 5.32 Å². The van der Waals surface area contributed by atoms with Gasteiger partial charge in [-0.3, -0.25) is 0 Å². The molecule has 8 heteroatoms. The van der Waals surface area contributed by atoms with Crippen molar-refractivity contribution in [3.63, 3.8) is 0 Å². The number of rotatable bonds is 8. The monoisotopic (exact) mass is 285 g/mol. The Kier molecular flexibility index (Phi) is 7.14. The predicted molar refractivity (Wildman–Crippen MR) is 65.9 cm³/mol. The highest BCUT2D eigenvalue weighted by molar-refractivity contribution is 5.83. The van der Waals surface area contributed by atoms with Crippen LogP contribution in [0.3, 0.4) is 0 Å². The molecule has 0 amide bonds. The second-order valence-corrected chi connectivity index (χ2v) is 4.62. The lowest BCUT2D eigenvalue weighted by molar-refractivity contribution is -0.155. The van der Waals surface area contributed by atoms with Gasteiger partial charge in [0, 0.05) is 25.1 Å². The second kappa shape index (κ2) is 7.54. The second-order valence-electron chi connectivity index (χ2n) is 4.62. The molecule has 0 aromatic heterocycles. The summed E-state index contributed by atoms with van der Waals surface area (Å²) < 4.78 is 38.0. The first-order chi connectivity index (χ1) is 8.76. The molecule has 0 aliphatic heterocycles. The fraction of sp³-hybridized carbons (Fsp3) is 0.909. The Morgan fingerprint density at radius 1 is 1.32 bits per heavy atom. The largest absolute Gasteiger partial charge is 0.409 e. The van der Waals surface area contributed by atoms with E-state index in [4.69, 9.17) is 10.9 Å². The topological polar surface area (TPSA) is 90.9 Å². The van der Waals surface area contributed by atoms with Crippen LogP contribution in [-0.4, -0.2) is 42.0 Å². The van der Waals surface area contributed by atoms with Gasteiger partial charge in [0.1, 0.15) is 5.92 Å². The Balaban J connectivity index is 4.59. The number of nitrogens with two attached hydrogens (primary N) is 1. The molecule has 0 aromatic rings. The summed E-state index contributed by atoms with van der Waals surface area (Å²) in [6, 6.07) is 0. The number of alkyl halides is 3. The highest BCUT2D eigenvalue weighted by Gasteiger charge is 2.42. The van der Waals surface area contributed by atoms with Gasteiger partial charge in [-0.25, -0.2) is 0 Å². The van der Waals surface area contributed by atoms with Gasteiger partial charge >= 0.3 is 6.18 Å². The van der Waals surface area contributed by atoms with Crippen molar-refractivity contribution in [3.8, 4) is 0 Å². The third kappa shape index (κ3) is 5.23. The number of aliphatic hydroxyl groups is 1. The van der Waals surface area contributed by atoms with E-state index >= 15 is 0 Å². The van der Waals surface area contributed by atoms with E-state index in [2.05, 4.69) is 10.5 Å². The van der Waals surface area contributed by atoms with Crippen LogP contribution < -0.4 is 11.1 Å². The predicted octanol–water partition coefficient (Wildman–Crippen LogP) is 1.30. The van der Waals surface area contributed by atoms with Gasteiger partial charge in [0.15, 0.2) is 5.84 Å². The van der Waals surface area contributed by atoms with E-state index in [0.29, 0.717) is 12.8 Å². The number of aliphatic hydroxyl groups excluding tert-OH is 1. The number of hydrogen-bond donors (Lipinski definition) is 4. The zero-order valence-electron chi connectivity index (χ0n) is 11.2. The maximum Gasteiger partial charge on any atom is 0.400 e. The van der Waals surface area contributed by atoms with Gasteiger partial charge in [-0.2, -0.15) is 13.2 Å². The summed E-state index contributed by atoms with van der Waals surface area (Å²) in [5.41, 5.74) is 4.60. The van der Waals surface area contributed by atoms with E-state index in [9.17, 15) is 18.3 Å². The number of nitrogens with zero attached hydrogens (tertiary/aromatic N) is 1. The fourth-order valence-corrected chi connectivity index (χ4v) is 1.72. The molecule has 0 rings (SSSR count). The quantitative estimate of drug-likeness (QED) is 0.234. The molecule has 0 bridgehead atoms. The normalized spacial score (nSPS) is 15.6. The van der Waals surface area contributed by atoms with Gasteiger partial charge in [-0.15, -0.1) is 0 Å². The number of hydrogen-bond acceptors (Lipinski definition) is 4. The average Bonchev–Trinajstić information content (AvgIpc) is 2.37. The van der Waals surface area contributed by atoms with Crippen LogP contribution in [0.25, 0.3) is 0 Å². The van der Waals surface area contributed by atoms with Crippen molar-refractivity contribution in [3.05, 3.63) is 0 Å². The first kappa shape index (κ1) is 18.0. The number of oxime groups is 1. The molecule has 1 unspecified atom stereocenters. The molecular formula is C11H22F3N3O2. The standard InChI is InChI=1S/C11H22F3N3O2/c1-3-10(4-2,7-18)6-16-5-8(9(15)17-19)11(12,13)14/h8,16,18-19H,3-7H2,1-2H3,(H2,15,17). The Morgan fingerprint density at radius 2 is 1.84 bits per heavy atom. The highest BCUT2D eigenvalue weighted by atomic mass is 19.4. The van der Waals surface area contributed by atoms with Crippen molar-refractivity contribution in [1.29, 1.82) is 0 Å². The lowest BCUT2D eigenvalue weighted by Crippen LogP contribution is -2.46. The van der Waals surface area contributed by atoms with Crippen molar-refractivity contribution in [2.75, 3.05) is 19.7 Å². The van der Waals surface area contributed by atoms with Gasteiger partial charge in [0.05, 0.1) is 0 Å². The maximum absolute atomic E-state index is 12.7. The lowest BCUT2D eigenvalue weighted by Gasteiger charge is -2.30. The Hall–Kier alpha value is -1.02. The van der Waals surface area contributed by atoms with Crippen molar-refractivity contribution in [2.45, 2.75) is 32.9 Å². The Morgan fingerprint density at radius 3 is 2.16 bits per heavy atom. The number of amidine groups is 1. The van der Waals surface area contributed by atoms with Crippen LogP contribution in [0, 0.1) is 11.3 Å². The van der Waals surface area contributed by atoms with Crippen LogP contribution in [0.15, 0.2) is 5.16 Å². The molecule has 0 radical (unpaired) electrons. The first-order valence-corrected chi connectivity index (χ1v) is 6.12. The summed E-state index contributed by atoms with van der Waals surface area (Å²) in [6.07, 6.45) is -3.29. The highest BCUT2D eigenvalue weighted by Crippen LogP contribution is 2.27. The minimum Gasteiger partial charge on any atom is -0.409 e. The van der Waals surface area contributed by atoms with Gasteiger partial charge in [0.2, 0.25) is 0 Å². The zero-order chi connectivity index (χ0) is 15.1. The smallest absolute Gasteiger partial charge is 0.400 e. The van der Waals surface area contributed by atoms with Gasteiger partial charge < -0.3 is 21.4 Å². The van der Waals surface area contributed by atoms with Gasteiger partial charge in [0.25, 0.3) is 0 Å². The van der Waals surface area contributed by atoms with Crippen molar-refractivity contribution in [2.24, 2.45) is 22.2 Å². The summed E-state index contributed by atoms with van der Waals surface area (Å²) in [5, 5.41) is 22.7. The molecule has 0 aliphatic carbocycles. The third-order valence-corrected chi connectivity index (χ3v) is 3.55. The fourth-order valence-electron chi connectivity index (χ4n) is 1.72. The molecule has 0 heterocycles.